The first kappa shape index (κ1) is 16.4. The summed E-state index contributed by atoms with van der Waals surface area (Å²) < 4.78 is 1.44. The molecule has 3 aromatic rings. The Morgan fingerprint density at radius 1 is 1.32 bits per heavy atom. The molecule has 0 atom stereocenters. The number of benzene rings is 1. The summed E-state index contributed by atoms with van der Waals surface area (Å²) in [4.78, 5) is 28.9. The van der Waals surface area contributed by atoms with Gasteiger partial charge in [0, 0.05) is 29.9 Å². The number of hydrazone groups is 1. The van der Waals surface area contributed by atoms with E-state index in [0.717, 1.165) is 0 Å². The van der Waals surface area contributed by atoms with Crippen molar-refractivity contribution in [2.45, 2.75) is 13.5 Å². The second kappa shape index (κ2) is 6.96. The van der Waals surface area contributed by atoms with Crippen molar-refractivity contribution in [3.8, 4) is 5.75 Å². The summed E-state index contributed by atoms with van der Waals surface area (Å²) in [6.45, 7) is 2.17. The third-order valence-corrected chi connectivity index (χ3v) is 3.75. The molecular formula is C18H16N4O3. The first-order valence-corrected chi connectivity index (χ1v) is 7.71. The summed E-state index contributed by atoms with van der Waals surface area (Å²) in [6, 6.07) is 10.4. The monoisotopic (exact) mass is 336 g/mol. The molecule has 0 fully saturated rings. The van der Waals surface area contributed by atoms with Crippen LogP contribution in [0.1, 0.15) is 22.8 Å². The fourth-order valence-corrected chi connectivity index (χ4v) is 2.58. The Kier molecular flexibility index (Phi) is 4.56. The van der Waals surface area contributed by atoms with Gasteiger partial charge in [0.15, 0.2) is 0 Å². The lowest BCUT2D eigenvalue weighted by Gasteiger charge is -2.12. The number of rotatable bonds is 4. The molecule has 0 spiro atoms. The highest BCUT2D eigenvalue weighted by molar-refractivity contribution is 6.02. The van der Waals surface area contributed by atoms with Crippen molar-refractivity contribution >= 4 is 23.0 Å². The molecule has 7 nitrogen and oxygen atoms in total. The van der Waals surface area contributed by atoms with Crippen molar-refractivity contribution in [3.63, 3.8) is 0 Å². The van der Waals surface area contributed by atoms with Gasteiger partial charge < -0.3 is 9.67 Å². The third-order valence-electron chi connectivity index (χ3n) is 3.75. The highest BCUT2D eigenvalue weighted by Crippen LogP contribution is 2.26. The minimum absolute atomic E-state index is 0.330. The molecule has 0 unspecified atom stereocenters. The van der Waals surface area contributed by atoms with Gasteiger partial charge in [-0.2, -0.15) is 5.10 Å². The van der Waals surface area contributed by atoms with Crippen molar-refractivity contribution in [1.82, 2.24) is 15.0 Å². The molecular weight excluding hydrogens is 320 g/mol. The van der Waals surface area contributed by atoms with E-state index < -0.39 is 11.5 Å². The van der Waals surface area contributed by atoms with Gasteiger partial charge in [-0.1, -0.05) is 18.2 Å². The number of amides is 1. The quantitative estimate of drug-likeness (QED) is 0.561. The molecule has 3 rings (SSSR count). The number of nitrogens with zero attached hydrogens (tertiary/aromatic N) is 3. The van der Waals surface area contributed by atoms with Gasteiger partial charge in [-0.15, -0.1) is 0 Å². The zero-order valence-corrected chi connectivity index (χ0v) is 13.5. The first-order chi connectivity index (χ1) is 12.1. The van der Waals surface area contributed by atoms with Crippen LogP contribution in [0.4, 0.5) is 0 Å². The average molecular weight is 336 g/mol. The molecule has 1 aromatic carbocycles. The Balaban J connectivity index is 1.99. The van der Waals surface area contributed by atoms with Crippen LogP contribution in [0.15, 0.2) is 58.7 Å². The zero-order valence-electron chi connectivity index (χ0n) is 13.5. The summed E-state index contributed by atoms with van der Waals surface area (Å²) in [6.07, 6.45) is 4.60. The third kappa shape index (κ3) is 3.12. The highest BCUT2D eigenvalue weighted by Gasteiger charge is 2.21. The minimum atomic E-state index is -0.768. The molecule has 0 saturated carbocycles. The van der Waals surface area contributed by atoms with Crippen LogP contribution in [0.25, 0.3) is 10.9 Å². The number of aromatic nitrogens is 2. The number of fused-ring (bicyclic) bond motifs is 1. The van der Waals surface area contributed by atoms with Gasteiger partial charge in [-0.25, -0.2) is 5.43 Å². The van der Waals surface area contributed by atoms with E-state index in [4.69, 9.17) is 0 Å². The Morgan fingerprint density at radius 3 is 2.84 bits per heavy atom. The predicted molar refractivity (Wildman–Crippen MR) is 94.8 cm³/mol. The predicted octanol–water partition coefficient (Wildman–Crippen LogP) is 1.89. The lowest BCUT2D eigenvalue weighted by Crippen LogP contribution is -2.31. The molecule has 126 valence electrons. The summed E-state index contributed by atoms with van der Waals surface area (Å²) >= 11 is 0. The maximum Gasteiger partial charge on any atom is 0.280 e. The maximum atomic E-state index is 12.6. The van der Waals surface area contributed by atoms with E-state index in [1.165, 1.54) is 10.8 Å². The number of carbonyl (C=O) groups excluding carboxylic acids is 1. The van der Waals surface area contributed by atoms with Gasteiger partial charge in [-0.3, -0.25) is 14.6 Å². The minimum Gasteiger partial charge on any atom is -0.506 e. The largest absolute Gasteiger partial charge is 0.506 e. The van der Waals surface area contributed by atoms with Crippen LogP contribution in [0.3, 0.4) is 0 Å². The van der Waals surface area contributed by atoms with Gasteiger partial charge >= 0.3 is 0 Å². The van der Waals surface area contributed by atoms with E-state index in [1.54, 1.807) is 55.7 Å². The average Bonchev–Trinajstić information content (AvgIpc) is 2.63. The maximum absolute atomic E-state index is 12.6. The molecule has 2 heterocycles. The summed E-state index contributed by atoms with van der Waals surface area (Å²) in [5, 5.41) is 14.6. The molecule has 0 radical (unpaired) electrons. The lowest BCUT2D eigenvalue weighted by molar-refractivity contribution is 0.0950. The topological polar surface area (TPSA) is 96.6 Å². The number of aromatic hydroxyl groups is 1. The molecule has 25 heavy (non-hydrogen) atoms. The number of para-hydroxylation sites is 1. The standard InChI is InChI=1S/C18H16N4O3/c1-2-22-14-8-4-3-7-13(14)16(23)15(18(22)25)17(24)21-20-11-12-6-5-9-19-10-12/h3-11,23H,2H2,1H3,(H,21,24)/b20-11+. The second-order valence-corrected chi connectivity index (χ2v) is 5.28. The van der Waals surface area contributed by atoms with Gasteiger partial charge in [0.05, 0.1) is 11.7 Å². The fourth-order valence-electron chi connectivity index (χ4n) is 2.58. The molecule has 0 aliphatic heterocycles. The second-order valence-electron chi connectivity index (χ2n) is 5.28. The molecule has 2 N–H and O–H groups in total. The normalized spacial score (nSPS) is 11.1. The highest BCUT2D eigenvalue weighted by atomic mass is 16.3. The molecule has 7 heteroatoms. The number of nitrogens with one attached hydrogen (secondary N) is 1. The number of aryl methyl sites for hydroxylation is 1. The Labute approximate surface area is 143 Å². The zero-order chi connectivity index (χ0) is 17.8. The number of hydrogen-bond acceptors (Lipinski definition) is 5. The van der Waals surface area contributed by atoms with Crippen molar-refractivity contribution < 1.29 is 9.90 Å². The summed E-state index contributed by atoms with van der Waals surface area (Å²) in [7, 11) is 0. The molecule has 0 bridgehead atoms. The van der Waals surface area contributed by atoms with Crippen molar-refractivity contribution in [2.24, 2.45) is 5.10 Å². The smallest absolute Gasteiger partial charge is 0.280 e. The van der Waals surface area contributed by atoms with Crippen LogP contribution < -0.4 is 11.0 Å². The van der Waals surface area contributed by atoms with Crippen LogP contribution in [0, 0.1) is 0 Å². The van der Waals surface area contributed by atoms with Crippen molar-refractivity contribution in [1.29, 1.82) is 0 Å². The van der Waals surface area contributed by atoms with E-state index in [9.17, 15) is 14.7 Å². The molecule has 0 aliphatic carbocycles. The van der Waals surface area contributed by atoms with Crippen LogP contribution in [-0.4, -0.2) is 26.8 Å². The number of carbonyl (C=O) groups is 1. The van der Waals surface area contributed by atoms with Gasteiger partial charge in [0.1, 0.15) is 11.3 Å². The molecule has 0 saturated heterocycles. The first-order valence-electron chi connectivity index (χ1n) is 7.71. The lowest BCUT2D eigenvalue weighted by atomic mass is 10.1. The van der Waals surface area contributed by atoms with Gasteiger partial charge in [0.2, 0.25) is 0 Å². The molecule has 2 aromatic heterocycles. The van der Waals surface area contributed by atoms with Crippen LogP contribution >= 0.6 is 0 Å². The van der Waals surface area contributed by atoms with E-state index in [1.807, 2.05) is 0 Å². The van der Waals surface area contributed by atoms with Crippen LogP contribution in [-0.2, 0) is 6.54 Å². The Hall–Kier alpha value is -3.48. The van der Waals surface area contributed by atoms with E-state index in [2.05, 4.69) is 15.5 Å². The van der Waals surface area contributed by atoms with Gasteiger partial charge in [0.25, 0.3) is 11.5 Å². The summed E-state index contributed by atoms with van der Waals surface area (Å²) in [5.74, 6) is -1.12. The molecule has 0 aliphatic rings. The Morgan fingerprint density at radius 2 is 2.12 bits per heavy atom. The van der Waals surface area contributed by atoms with Crippen LogP contribution in [0.2, 0.25) is 0 Å². The van der Waals surface area contributed by atoms with E-state index >= 15 is 0 Å². The van der Waals surface area contributed by atoms with Crippen molar-refractivity contribution in [2.75, 3.05) is 0 Å². The SMILES string of the molecule is CCn1c(=O)c(C(=O)N/N=C/c2cccnc2)c(O)c2ccccc21. The number of pyridine rings is 2. The fraction of sp³-hybridized carbons (Fsp3) is 0.111. The van der Waals surface area contributed by atoms with E-state index in [0.29, 0.717) is 23.0 Å². The van der Waals surface area contributed by atoms with Crippen LogP contribution in [0.5, 0.6) is 5.75 Å². The van der Waals surface area contributed by atoms with E-state index in [-0.39, 0.29) is 11.3 Å². The van der Waals surface area contributed by atoms with Gasteiger partial charge in [-0.05, 0) is 25.1 Å². The Bertz CT molecular complexity index is 1010. The molecule has 1 amide bonds. The summed E-state index contributed by atoms with van der Waals surface area (Å²) in [5.41, 5.74) is 2.65. The van der Waals surface area contributed by atoms with Crippen molar-refractivity contribution in [3.05, 3.63) is 70.3 Å². The number of hydrogen-bond donors (Lipinski definition) is 2.